The van der Waals surface area contributed by atoms with Crippen molar-refractivity contribution in [2.45, 2.75) is 43.4 Å². The Balaban J connectivity index is 2.02. The fraction of sp³-hybridized carbons (Fsp3) is 0.714. The van der Waals surface area contributed by atoms with Gasteiger partial charge in [0.1, 0.15) is 5.76 Å². The molecule has 21 heavy (non-hydrogen) atoms. The number of likely N-dealkylation sites (tertiary alicyclic amines) is 1. The van der Waals surface area contributed by atoms with Crippen molar-refractivity contribution in [3.63, 3.8) is 0 Å². The van der Waals surface area contributed by atoms with Crippen molar-refractivity contribution in [1.29, 1.82) is 0 Å². The van der Waals surface area contributed by atoms with Gasteiger partial charge in [0.2, 0.25) is 5.09 Å². The fourth-order valence-corrected chi connectivity index (χ4v) is 3.53. The predicted octanol–water partition coefficient (Wildman–Crippen LogP) is 1.27. The summed E-state index contributed by atoms with van der Waals surface area (Å²) >= 11 is 0. The van der Waals surface area contributed by atoms with Gasteiger partial charge in [-0.05, 0) is 44.4 Å². The molecule has 0 bridgehead atoms. The van der Waals surface area contributed by atoms with Crippen LogP contribution >= 0.6 is 0 Å². The highest BCUT2D eigenvalue weighted by molar-refractivity contribution is 7.88. The quantitative estimate of drug-likeness (QED) is 0.820. The van der Waals surface area contributed by atoms with Crippen molar-refractivity contribution < 1.29 is 17.9 Å². The maximum absolute atomic E-state index is 12.0. The lowest BCUT2D eigenvalue weighted by atomic mass is 10.1. The molecular formula is C14H24N2O4S. The zero-order valence-corrected chi connectivity index (χ0v) is 13.5. The van der Waals surface area contributed by atoms with Gasteiger partial charge in [0.05, 0.1) is 6.54 Å². The molecule has 0 radical (unpaired) electrons. The van der Waals surface area contributed by atoms with Gasteiger partial charge in [0.15, 0.2) is 0 Å². The van der Waals surface area contributed by atoms with Crippen LogP contribution in [0, 0.1) is 0 Å². The van der Waals surface area contributed by atoms with E-state index in [9.17, 15) is 8.42 Å². The Morgan fingerprint density at radius 3 is 2.86 bits per heavy atom. The number of nitrogens with zero attached hydrogens (tertiary/aromatic N) is 2. The Hall–Kier alpha value is -0.890. The van der Waals surface area contributed by atoms with Crippen LogP contribution < -0.4 is 0 Å². The van der Waals surface area contributed by atoms with Crippen LogP contribution in [0.4, 0.5) is 0 Å². The predicted molar refractivity (Wildman–Crippen MR) is 79.3 cm³/mol. The van der Waals surface area contributed by atoms with Gasteiger partial charge < -0.3 is 9.52 Å². The number of rotatable bonds is 7. The summed E-state index contributed by atoms with van der Waals surface area (Å²) in [6.45, 7) is 1.84. The van der Waals surface area contributed by atoms with E-state index in [0.29, 0.717) is 18.3 Å². The smallest absolute Gasteiger partial charge is 0.275 e. The summed E-state index contributed by atoms with van der Waals surface area (Å²) in [5.74, 6) is 0.673. The Labute approximate surface area is 126 Å². The highest BCUT2D eigenvalue weighted by atomic mass is 32.2. The number of aliphatic hydroxyl groups excluding tert-OH is 1. The summed E-state index contributed by atoms with van der Waals surface area (Å²) in [6.07, 6.45) is 4.04. The lowest BCUT2D eigenvalue weighted by Gasteiger charge is -2.23. The maximum Gasteiger partial charge on any atom is 0.275 e. The zero-order chi connectivity index (χ0) is 15.5. The third kappa shape index (κ3) is 3.85. The van der Waals surface area contributed by atoms with Crippen LogP contribution in [0.3, 0.4) is 0 Å². The number of hydrogen-bond acceptors (Lipinski definition) is 5. The molecule has 1 aromatic rings. The van der Waals surface area contributed by atoms with Gasteiger partial charge in [-0.25, -0.2) is 12.7 Å². The molecule has 1 N–H and O–H groups in total. The molecule has 6 nitrogen and oxygen atoms in total. The van der Waals surface area contributed by atoms with E-state index >= 15 is 0 Å². The average Bonchev–Trinajstić information content (AvgIpc) is 3.06. The molecular weight excluding hydrogens is 292 g/mol. The van der Waals surface area contributed by atoms with Crippen molar-refractivity contribution >= 4 is 10.0 Å². The van der Waals surface area contributed by atoms with Crippen LogP contribution in [-0.4, -0.2) is 56.0 Å². The Kier molecular flexibility index (Phi) is 5.43. The third-order valence-corrected chi connectivity index (χ3v) is 5.61. The summed E-state index contributed by atoms with van der Waals surface area (Å²) in [6, 6.07) is 3.71. The van der Waals surface area contributed by atoms with Crippen molar-refractivity contribution in [3.05, 3.63) is 17.9 Å². The molecule has 120 valence electrons. The summed E-state index contributed by atoms with van der Waals surface area (Å²) in [7, 11) is -0.524. The first-order valence-corrected chi connectivity index (χ1v) is 8.75. The average molecular weight is 316 g/mol. The molecule has 1 aliphatic heterocycles. The molecule has 0 aromatic carbocycles. The SMILES string of the molecule is CN(C)S(=O)(=O)c1ccc(CN2CCCC2CCCO)o1. The molecule has 0 aliphatic carbocycles. The normalized spacial score (nSPS) is 20.5. The lowest BCUT2D eigenvalue weighted by Crippen LogP contribution is -2.28. The summed E-state index contributed by atoms with van der Waals surface area (Å²) in [5, 5.41) is 8.93. The van der Waals surface area contributed by atoms with E-state index in [4.69, 9.17) is 9.52 Å². The molecule has 1 unspecified atom stereocenters. The summed E-state index contributed by atoms with van der Waals surface area (Å²) < 4.78 is 30.6. The Morgan fingerprint density at radius 2 is 2.19 bits per heavy atom. The molecule has 1 atom stereocenters. The minimum absolute atomic E-state index is 0.00592. The highest BCUT2D eigenvalue weighted by Gasteiger charge is 2.26. The molecule has 2 heterocycles. The van der Waals surface area contributed by atoms with Gasteiger partial charge >= 0.3 is 0 Å². The van der Waals surface area contributed by atoms with Gasteiger partial charge in [0, 0.05) is 26.7 Å². The van der Waals surface area contributed by atoms with E-state index < -0.39 is 10.0 Å². The fourth-order valence-electron chi connectivity index (χ4n) is 2.72. The number of furan rings is 1. The van der Waals surface area contributed by atoms with Gasteiger partial charge in [0.25, 0.3) is 10.0 Å². The third-order valence-electron chi connectivity index (χ3n) is 3.93. The number of aliphatic hydroxyl groups is 1. The monoisotopic (exact) mass is 316 g/mol. The minimum Gasteiger partial charge on any atom is -0.447 e. The van der Waals surface area contributed by atoms with E-state index in [0.717, 1.165) is 36.5 Å². The molecule has 0 spiro atoms. The number of hydrogen-bond donors (Lipinski definition) is 1. The van der Waals surface area contributed by atoms with Crippen LogP contribution in [0.2, 0.25) is 0 Å². The largest absolute Gasteiger partial charge is 0.447 e. The van der Waals surface area contributed by atoms with Crippen LogP contribution in [0.25, 0.3) is 0 Å². The highest BCUT2D eigenvalue weighted by Crippen LogP contribution is 2.25. The second kappa shape index (κ2) is 6.91. The molecule has 7 heteroatoms. The molecule has 1 saturated heterocycles. The van der Waals surface area contributed by atoms with Gasteiger partial charge in [-0.2, -0.15) is 0 Å². The van der Waals surface area contributed by atoms with Crippen molar-refractivity contribution in [3.8, 4) is 0 Å². The molecule has 0 amide bonds. The maximum atomic E-state index is 12.0. The van der Waals surface area contributed by atoms with Gasteiger partial charge in [-0.1, -0.05) is 0 Å². The Morgan fingerprint density at radius 1 is 1.43 bits per heavy atom. The van der Waals surface area contributed by atoms with Crippen molar-refractivity contribution in [2.24, 2.45) is 0 Å². The topological polar surface area (TPSA) is 74.0 Å². The molecule has 1 fully saturated rings. The minimum atomic E-state index is -3.50. The second-order valence-corrected chi connectivity index (χ2v) is 7.72. The van der Waals surface area contributed by atoms with E-state index in [1.807, 2.05) is 0 Å². The van der Waals surface area contributed by atoms with Gasteiger partial charge in [-0.3, -0.25) is 4.90 Å². The van der Waals surface area contributed by atoms with Crippen LogP contribution in [0.15, 0.2) is 21.6 Å². The summed E-state index contributed by atoms with van der Waals surface area (Å²) in [5.41, 5.74) is 0. The van der Waals surface area contributed by atoms with Crippen LogP contribution in [0.1, 0.15) is 31.4 Å². The first kappa shape index (κ1) is 16.5. The van der Waals surface area contributed by atoms with Gasteiger partial charge in [-0.15, -0.1) is 0 Å². The first-order valence-electron chi connectivity index (χ1n) is 7.31. The van der Waals surface area contributed by atoms with Crippen molar-refractivity contribution in [2.75, 3.05) is 27.2 Å². The molecule has 1 aromatic heterocycles. The molecule has 0 saturated carbocycles. The molecule has 1 aliphatic rings. The molecule has 2 rings (SSSR count). The van der Waals surface area contributed by atoms with Crippen molar-refractivity contribution in [1.82, 2.24) is 9.21 Å². The standard InChI is InChI=1S/C14H24N2O4S/c1-15(2)21(18,19)14-8-7-13(20-14)11-16-9-3-5-12(16)6-4-10-17/h7-8,12,17H,3-6,9-11H2,1-2H3. The lowest BCUT2D eigenvalue weighted by molar-refractivity contribution is 0.194. The van der Waals surface area contributed by atoms with E-state index in [-0.39, 0.29) is 11.7 Å². The van der Waals surface area contributed by atoms with E-state index in [1.165, 1.54) is 20.2 Å². The van der Waals surface area contributed by atoms with Crippen LogP contribution in [0.5, 0.6) is 0 Å². The zero-order valence-electron chi connectivity index (χ0n) is 12.7. The first-order chi connectivity index (χ1) is 9.95. The Bertz CT molecular complexity index is 553. The van der Waals surface area contributed by atoms with E-state index in [1.54, 1.807) is 6.07 Å². The van der Waals surface area contributed by atoms with Crippen LogP contribution in [-0.2, 0) is 16.6 Å². The van der Waals surface area contributed by atoms with E-state index in [2.05, 4.69) is 4.90 Å². The second-order valence-electron chi connectivity index (χ2n) is 5.64. The summed E-state index contributed by atoms with van der Waals surface area (Å²) in [4.78, 5) is 2.31. The number of sulfonamides is 1.